The van der Waals surface area contributed by atoms with Crippen molar-refractivity contribution in [2.24, 2.45) is 5.10 Å². The van der Waals surface area contributed by atoms with Crippen LogP contribution in [0.4, 0.5) is 14.5 Å². The number of fused-ring (bicyclic) bond motifs is 1. The van der Waals surface area contributed by atoms with Crippen molar-refractivity contribution < 1.29 is 23.0 Å². The van der Waals surface area contributed by atoms with Crippen LogP contribution in [0.15, 0.2) is 71.8 Å². The fourth-order valence-corrected chi connectivity index (χ4v) is 5.10. The van der Waals surface area contributed by atoms with Crippen LogP contribution in [0.25, 0.3) is 0 Å². The Balaban J connectivity index is 1.20. The average Bonchev–Trinajstić information content (AvgIpc) is 3.57. The van der Waals surface area contributed by atoms with Crippen molar-refractivity contribution in [1.29, 1.82) is 0 Å². The number of halogens is 2. The monoisotopic (exact) mass is 504 g/mol. The highest BCUT2D eigenvalue weighted by atomic mass is 19.1. The molecule has 0 spiro atoms. The van der Waals surface area contributed by atoms with Crippen molar-refractivity contribution in [3.05, 3.63) is 89.5 Å². The lowest BCUT2D eigenvalue weighted by Crippen LogP contribution is -2.49. The summed E-state index contributed by atoms with van der Waals surface area (Å²) in [6.45, 7) is 2.79. The summed E-state index contributed by atoms with van der Waals surface area (Å²) < 4.78 is 39.8. The molecule has 37 heavy (non-hydrogen) atoms. The molecule has 0 radical (unpaired) electrons. The molecule has 7 nitrogen and oxygen atoms in total. The van der Waals surface area contributed by atoms with Gasteiger partial charge in [-0.25, -0.2) is 13.8 Å². The molecule has 1 atom stereocenters. The molecule has 1 amide bonds. The van der Waals surface area contributed by atoms with Crippen LogP contribution >= 0.6 is 0 Å². The van der Waals surface area contributed by atoms with Crippen LogP contribution in [-0.4, -0.2) is 61.0 Å². The summed E-state index contributed by atoms with van der Waals surface area (Å²) in [7, 11) is 0. The number of ether oxygens (including phenoxy) is 2. The molecular formula is C28H26F2N4O3. The Labute approximate surface area is 213 Å². The summed E-state index contributed by atoms with van der Waals surface area (Å²) in [4.78, 5) is 17.6. The third-order valence-electron chi connectivity index (χ3n) is 7.06. The lowest BCUT2D eigenvalue weighted by Gasteiger charge is -2.36. The van der Waals surface area contributed by atoms with Crippen LogP contribution in [0.1, 0.15) is 23.6 Å². The minimum atomic E-state index is -0.392. The summed E-state index contributed by atoms with van der Waals surface area (Å²) in [5.41, 5.74) is 2.34. The number of carbonyl (C=O) groups excluding carboxylic acids is 1. The molecule has 0 N–H and O–H groups in total. The minimum Gasteiger partial charge on any atom is -0.454 e. The maximum atomic E-state index is 14.6. The van der Waals surface area contributed by atoms with E-state index >= 15 is 0 Å². The number of piperazine rings is 1. The molecule has 1 fully saturated rings. The highest BCUT2D eigenvalue weighted by molar-refractivity contribution is 6.03. The summed E-state index contributed by atoms with van der Waals surface area (Å²) in [6.07, 6.45) is 0.382. The average molecular weight is 505 g/mol. The molecule has 3 heterocycles. The van der Waals surface area contributed by atoms with Gasteiger partial charge in [-0.15, -0.1) is 0 Å². The third-order valence-corrected chi connectivity index (χ3v) is 7.06. The molecule has 3 aliphatic heterocycles. The molecule has 6 rings (SSSR count). The Morgan fingerprint density at radius 1 is 0.892 bits per heavy atom. The fraction of sp³-hybridized carbons (Fsp3) is 0.286. The SMILES string of the molecule is O=C(CN1CCN(c2ccccc2F)CC1)N1N=C(c2ccccc2F)C[C@H]1c1ccc2c(c1)OCO2. The highest BCUT2D eigenvalue weighted by Gasteiger charge is 2.35. The van der Waals surface area contributed by atoms with E-state index in [1.54, 1.807) is 30.3 Å². The van der Waals surface area contributed by atoms with Gasteiger partial charge in [0.2, 0.25) is 6.79 Å². The molecule has 0 saturated carbocycles. The molecule has 3 aliphatic rings. The van der Waals surface area contributed by atoms with Gasteiger partial charge in [0.1, 0.15) is 11.6 Å². The number of anilines is 1. The molecule has 1 saturated heterocycles. The summed E-state index contributed by atoms with van der Waals surface area (Å²) in [6, 6.07) is 18.4. The van der Waals surface area contributed by atoms with Crippen LogP contribution in [0.3, 0.4) is 0 Å². The van der Waals surface area contributed by atoms with E-state index in [1.165, 1.54) is 17.1 Å². The van der Waals surface area contributed by atoms with Crippen LogP contribution in [-0.2, 0) is 4.79 Å². The second-order valence-corrected chi connectivity index (χ2v) is 9.31. The summed E-state index contributed by atoms with van der Waals surface area (Å²) in [5, 5.41) is 6.09. The second kappa shape index (κ2) is 9.82. The second-order valence-electron chi connectivity index (χ2n) is 9.31. The zero-order chi connectivity index (χ0) is 25.4. The van der Waals surface area contributed by atoms with Gasteiger partial charge in [0, 0.05) is 38.2 Å². The van der Waals surface area contributed by atoms with Gasteiger partial charge in [0.05, 0.1) is 24.0 Å². The maximum absolute atomic E-state index is 14.6. The Morgan fingerprint density at radius 2 is 1.62 bits per heavy atom. The fourth-order valence-electron chi connectivity index (χ4n) is 5.10. The number of hydrazone groups is 1. The van der Waals surface area contributed by atoms with Crippen molar-refractivity contribution in [3.8, 4) is 11.5 Å². The van der Waals surface area contributed by atoms with Gasteiger partial charge in [-0.05, 0) is 35.9 Å². The lowest BCUT2D eigenvalue weighted by molar-refractivity contribution is -0.134. The molecule has 3 aromatic carbocycles. The van der Waals surface area contributed by atoms with E-state index in [-0.39, 0.29) is 30.9 Å². The van der Waals surface area contributed by atoms with Crippen LogP contribution in [0.2, 0.25) is 0 Å². The normalized spacial score (nSPS) is 19.3. The maximum Gasteiger partial charge on any atom is 0.257 e. The standard InChI is InChI=1S/C28H26F2N4O3/c29-21-6-2-1-5-20(21)23-16-25(19-9-10-26-27(15-19)37-18-36-26)34(31-23)28(35)17-32-11-13-33(14-12-32)24-8-4-3-7-22(24)30/h1-10,15,25H,11-14,16-18H2/t25-/m0/s1. The van der Waals surface area contributed by atoms with Gasteiger partial charge in [-0.3, -0.25) is 9.69 Å². The van der Waals surface area contributed by atoms with E-state index in [4.69, 9.17) is 9.47 Å². The van der Waals surface area contributed by atoms with Gasteiger partial charge in [-0.1, -0.05) is 36.4 Å². The van der Waals surface area contributed by atoms with E-state index in [0.717, 1.165) is 5.56 Å². The number of nitrogens with zero attached hydrogens (tertiary/aromatic N) is 4. The Morgan fingerprint density at radius 3 is 2.41 bits per heavy atom. The van der Waals surface area contributed by atoms with Crippen LogP contribution in [0, 0.1) is 11.6 Å². The smallest absolute Gasteiger partial charge is 0.257 e. The van der Waals surface area contributed by atoms with Crippen molar-refractivity contribution in [1.82, 2.24) is 9.91 Å². The first kappa shape index (κ1) is 23.4. The van der Waals surface area contributed by atoms with E-state index in [9.17, 15) is 13.6 Å². The van der Waals surface area contributed by atoms with Crippen molar-refractivity contribution in [2.75, 3.05) is 44.4 Å². The number of hydrogen-bond acceptors (Lipinski definition) is 6. The lowest BCUT2D eigenvalue weighted by atomic mass is 9.97. The number of hydrogen-bond donors (Lipinski definition) is 0. The van der Waals surface area contributed by atoms with E-state index in [1.807, 2.05) is 34.1 Å². The van der Waals surface area contributed by atoms with Gasteiger partial charge in [0.15, 0.2) is 11.5 Å². The quantitative estimate of drug-likeness (QED) is 0.522. The Hall–Kier alpha value is -3.98. The molecular weight excluding hydrogens is 478 g/mol. The number of amides is 1. The zero-order valence-corrected chi connectivity index (χ0v) is 20.1. The minimum absolute atomic E-state index is 0.155. The topological polar surface area (TPSA) is 57.6 Å². The molecule has 190 valence electrons. The molecule has 0 unspecified atom stereocenters. The molecule has 0 aromatic heterocycles. The summed E-state index contributed by atoms with van der Waals surface area (Å²) in [5.74, 6) is 0.486. The van der Waals surface area contributed by atoms with Crippen LogP contribution in [0.5, 0.6) is 11.5 Å². The first-order chi connectivity index (χ1) is 18.1. The molecule has 0 bridgehead atoms. The van der Waals surface area contributed by atoms with Crippen molar-refractivity contribution >= 4 is 17.3 Å². The number of carbonyl (C=O) groups is 1. The zero-order valence-electron chi connectivity index (χ0n) is 20.1. The summed E-state index contributed by atoms with van der Waals surface area (Å²) >= 11 is 0. The molecule has 0 aliphatic carbocycles. The number of para-hydroxylation sites is 1. The van der Waals surface area contributed by atoms with Crippen molar-refractivity contribution in [2.45, 2.75) is 12.5 Å². The predicted molar refractivity (Wildman–Crippen MR) is 135 cm³/mol. The van der Waals surface area contributed by atoms with E-state index in [2.05, 4.69) is 5.10 Å². The van der Waals surface area contributed by atoms with E-state index < -0.39 is 6.04 Å². The first-order valence-corrected chi connectivity index (χ1v) is 12.3. The molecule has 9 heteroatoms. The molecule has 3 aromatic rings. The van der Waals surface area contributed by atoms with Crippen molar-refractivity contribution in [3.63, 3.8) is 0 Å². The third kappa shape index (κ3) is 4.62. The Bertz CT molecular complexity index is 1360. The van der Waals surface area contributed by atoms with Gasteiger partial charge in [0.25, 0.3) is 5.91 Å². The highest BCUT2D eigenvalue weighted by Crippen LogP contribution is 2.39. The predicted octanol–water partition coefficient (Wildman–Crippen LogP) is 4.19. The number of benzene rings is 3. The number of rotatable bonds is 5. The largest absolute Gasteiger partial charge is 0.454 e. The Kier molecular flexibility index (Phi) is 6.21. The van der Waals surface area contributed by atoms with Gasteiger partial charge >= 0.3 is 0 Å². The van der Waals surface area contributed by atoms with Gasteiger partial charge in [-0.2, -0.15) is 5.10 Å². The van der Waals surface area contributed by atoms with Crippen LogP contribution < -0.4 is 14.4 Å². The van der Waals surface area contributed by atoms with Gasteiger partial charge < -0.3 is 14.4 Å². The van der Waals surface area contributed by atoms with E-state index in [0.29, 0.717) is 61.1 Å². The first-order valence-electron chi connectivity index (χ1n) is 12.3.